The zero-order valence-corrected chi connectivity index (χ0v) is 19.2. The van der Waals surface area contributed by atoms with E-state index >= 15 is 0 Å². The summed E-state index contributed by atoms with van der Waals surface area (Å²) in [5.41, 5.74) is 1.77. The predicted octanol–water partition coefficient (Wildman–Crippen LogP) is 8.25. The molecule has 0 N–H and O–H groups in total. The number of alkyl halides is 6. The fourth-order valence-electron chi connectivity index (χ4n) is 4.04. The number of rotatable bonds is 7. The fourth-order valence-corrected chi connectivity index (χ4v) is 4.04. The van der Waals surface area contributed by atoms with Crippen molar-refractivity contribution in [1.82, 2.24) is 0 Å². The van der Waals surface area contributed by atoms with E-state index in [1.165, 1.54) is 25.1 Å². The first-order chi connectivity index (χ1) is 16.4. The highest BCUT2D eigenvalue weighted by molar-refractivity contribution is 6.01. The Balaban J connectivity index is 2.05. The Morgan fingerprint density at radius 2 is 1.29 bits per heavy atom. The molecule has 0 saturated heterocycles. The van der Waals surface area contributed by atoms with Crippen molar-refractivity contribution in [3.63, 3.8) is 0 Å². The first-order valence-electron chi connectivity index (χ1n) is 11.0. The van der Waals surface area contributed by atoms with Crippen LogP contribution < -0.4 is 0 Å². The van der Waals surface area contributed by atoms with Crippen molar-refractivity contribution in [2.75, 3.05) is 0 Å². The quantitative estimate of drug-likeness (QED) is 0.241. The van der Waals surface area contributed by atoms with Crippen LogP contribution in [0.4, 0.5) is 26.3 Å². The molecule has 0 unspecified atom stereocenters. The Bertz CT molecular complexity index is 1230. The van der Waals surface area contributed by atoms with Crippen molar-refractivity contribution in [2.45, 2.75) is 45.5 Å². The molecule has 0 aliphatic carbocycles. The summed E-state index contributed by atoms with van der Waals surface area (Å²) in [5, 5.41) is 0. The molecular weight excluding hydrogens is 466 g/mol. The summed E-state index contributed by atoms with van der Waals surface area (Å²) in [6.45, 7) is 3.20. The van der Waals surface area contributed by atoms with Gasteiger partial charge < -0.3 is 0 Å². The van der Waals surface area contributed by atoms with Crippen LogP contribution in [0.3, 0.4) is 0 Å². The highest BCUT2D eigenvalue weighted by atomic mass is 19.4. The van der Waals surface area contributed by atoms with Crippen LogP contribution in [0, 0.1) is 6.92 Å². The molecule has 0 aliphatic rings. The minimum absolute atomic E-state index is 0.0223. The van der Waals surface area contributed by atoms with Gasteiger partial charge in [-0.25, -0.2) is 0 Å². The summed E-state index contributed by atoms with van der Waals surface area (Å²) in [7, 11) is 0. The smallest absolute Gasteiger partial charge is 0.295 e. The molecule has 0 saturated carbocycles. The van der Waals surface area contributed by atoms with Gasteiger partial charge in [0.1, 0.15) is 0 Å². The minimum atomic E-state index is -4.52. The van der Waals surface area contributed by atoms with Gasteiger partial charge >= 0.3 is 12.4 Å². The van der Waals surface area contributed by atoms with Crippen molar-refractivity contribution >= 4 is 11.4 Å². The highest BCUT2D eigenvalue weighted by Crippen LogP contribution is 2.34. The van der Waals surface area contributed by atoms with Crippen molar-refractivity contribution in [3.05, 3.63) is 112 Å². The molecule has 3 aromatic rings. The van der Waals surface area contributed by atoms with Crippen molar-refractivity contribution in [1.29, 1.82) is 0 Å². The van der Waals surface area contributed by atoms with Gasteiger partial charge in [-0.05, 0) is 66.6 Å². The maximum Gasteiger partial charge on any atom is 0.416 e. The third kappa shape index (κ3) is 6.84. The number of allylic oxidation sites excluding steroid dienone is 2. The van der Waals surface area contributed by atoms with Gasteiger partial charge in [-0.3, -0.25) is 4.79 Å². The van der Waals surface area contributed by atoms with Crippen LogP contribution in [0.15, 0.2) is 78.4 Å². The van der Waals surface area contributed by atoms with E-state index in [0.717, 1.165) is 35.4 Å². The molecule has 0 heterocycles. The second-order valence-corrected chi connectivity index (χ2v) is 8.40. The molecule has 184 valence electrons. The topological polar surface area (TPSA) is 17.1 Å². The zero-order valence-electron chi connectivity index (χ0n) is 19.2. The van der Waals surface area contributed by atoms with Gasteiger partial charge in [0.05, 0.1) is 11.1 Å². The lowest BCUT2D eigenvalue weighted by Gasteiger charge is -2.18. The summed E-state index contributed by atoms with van der Waals surface area (Å²) in [6, 6.07) is 17.1. The fraction of sp³-hybridized carbons (Fsp3) is 0.250. The van der Waals surface area contributed by atoms with Gasteiger partial charge in [0.15, 0.2) is 5.78 Å². The molecule has 0 atom stereocenters. The molecule has 0 aromatic heterocycles. The number of halogens is 6. The van der Waals surface area contributed by atoms with Gasteiger partial charge in [0, 0.05) is 12.0 Å². The predicted molar refractivity (Wildman–Crippen MR) is 124 cm³/mol. The van der Waals surface area contributed by atoms with E-state index in [4.69, 9.17) is 0 Å². The van der Waals surface area contributed by atoms with Crippen molar-refractivity contribution < 1.29 is 31.1 Å². The molecule has 0 spiro atoms. The molecule has 0 fully saturated rings. The Hall–Kier alpha value is -3.35. The molecule has 7 heteroatoms. The average molecular weight is 490 g/mol. The SMILES string of the molecule is CC(=O)/C(Cc1cccc(C(F)(F)F)c1)=C(/CCc1cccc(C(F)(F)F)c1)c1ccccc1C. The Morgan fingerprint density at radius 3 is 1.83 bits per heavy atom. The molecule has 3 rings (SSSR count). The zero-order chi connectivity index (χ0) is 25.8. The number of Topliss-reactive ketones (excluding diaryl/α,β-unsaturated/α-hetero) is 1. The maximum atomic E-state index is 13.2. The van der Waals surface area contributed by atoms with Gasteiger partial charge in [-0.2, -0.15) is 26.3 Å². The number of ketones is 1. The van der Waals surface area contributed by atoms with Crippen LogP contribution in [0.5, 0.6) is 0 Å². The molecular formula is C28H24F6O. The summed E-state index contributed by atoms with van der Waals surface area (Å²) in [5.74, 6) is -0.301. The molecule has 3 aromatic carbocycles. The number of hydrogen-bond donors (Lipinski definition) is 0. The Morgan fingerprint density at radius 1 is 0.743 bits per heavy atom. The molecule has 0 radical (unpaired) electrons. The number of carbonyl (C=O) groups excluding carboxylic acids is 1. The van der Waals surface area contributed by atoms with E-state index in [9.17, 15) is 31.1 Å². The lowest BCUT2D eigenvalue weighted by Crippen LogP contribution is -2.09. The molecule has 35 heavy (non-hydrogen) atoms. The number of aryl methyl sites for hydroxylation is 2. The summed E-state index contributed by atoms with van der Waals surface area (Å²) in [6.07, 6.45) is -8.53. The molecule has 1 nitrogen and oxygen atoms in total. The van der Waals surface area contributed by atoms with Crippen molar-refractivity contribution in [3.8, 4) is 0 Å². The van der Waals surface area contributed by atoms with Crippen molar-refractivity contribution in [2.24, 2.45) is 0 Å². The summed E-state index contributed by atoms with van der Waals surface area (Å²) in [4.78, 5) is 12.7. The van der Waals surface area contributed by atoms with E-state index < -0.39 is 23.5 Å². The van der Waals surface area contributed by atoms with Crippen LogP contribution in [-0.2, 0) is 30.0 Å². The van der Waals surface area contributed by atoms with E-state index in [-0.39, 0.29) is 25.0 Å². The standard InChI is InChI=1S/C28H24F6O/c1-18-7-3-4-12-24(18)25(14-13-20-8-5-10-22(15-20)27(29,30)31)26(19(2)35)17-21-9-6-11-23(16-21)28(32,33)34/h3-12,15-16H,13-14,17H2,1-2H3/b26-25-. The maximum absolute atomic E-state index is 13.2. The molecule has 0 amide bonds. The minimum Gasteiger partial charge on any atom is -0.295 e. The van der Waals surface area contributed by atoms with Gasteiger partial charge in [-0.1, -0.05) is 60.7 Å². The molecule has 0 aliphatic heterocycles. The summed E-state index contributed by atoms with van der Waals surface area (Å²) >= 11 is 0. The van der Waals surface area contributed by atoms with Crippen LogP contribution in [0.2, 0.25) is 0 Å². The first kappa shape index (κ1) is 26.3. The Labute approximate surface area is 200 Å². The van der Waals surface area contributed by atoms with Gasteiger partial charge in [0.25, 0.3) is 0 Å². The van der Waals surface area contributed by atoms with E-state index in [1.54, 1.807) is 12.1 Å². The van der Waals surface area contributed by atoms with Crippen LogP contribution in [0.25, 0.3) is 5.57 Å². The van der Waals surface area contributed by atoms with Gasteiger partial charge in [-0.15, -0.1) is 0 Å². The lowest BCUT2D eigenvalue weighted by molar-refractivity contribution is -0.138. The van der Waals surface area contributed by atoms with Crippen LogP contribution in [-0.4, -0.2) is 5.78 Å². The first-order valence-corrected chi connectivity index (χ1v) is 11.0. The van der Waals surface area contributed by atoms with Gasteiger partial charge in [0.2, 0.25) is 0 Å². The number of carbonyl (C=O) groups is 1. The van der Waals surface area contributed by atoms with E-state index in [1.807, 2.05) is 25.1 Å². The number of hydrogen-bond acceptors (Lipinski definition) is 1. The average Bonchev–Trinajstić information content (AvgIpc) is 2.78. The van der Waals surface area contributed by atoms with Crippen LogP contribution >= 0.6 is 0 Å². The van der Waals surface area contributed by atoms with Crippen LogP contribution in [0.1, 0.15) is 46.7 Å². The second kappa shape index (κ2) is 10.5. The monoisotopic (exact) mass is 490 g/mol. The lowest BCUT2D eigenvalue weighted by atomic mass is 9.87. The summed E-state index contributed by atoms with van der Waals surface area (Å²) < 4.78 is 79.0. The second-order valence-electron chi connectivity index (χ2n) is 8.40. The van der Waals surface area contributed by atoms with E-state index in [2.05, 4.69) is 0 Å². The third-order valence-corrected chi connectivity index (χ3v) is 5.81. The van der Waals surface area contributed by atoms with E-state index in [0.29, 0.717) is 22.3 Å². The largest absolute Gasteiger partial charge is 0.416 e. The number of benzene rings is 3. The third-order valence-electron chi connectivity index (χ3n) is 5.81. The highest BCUT2D eigenvalue weighted by Gasteiger charge is 2.31. The Kier molecular flexibility index (Phi) is 7.88. The normalized spacial score (nSPS) is 12.9. The molecule has 0 bridgehead atoms.